The Balaban J connectivity index is 2.46. The van der Waals surface area contributed by atoms with Crippen LogP contribution in [0.5, 0.6) is 0 Å². The van der Waals surface area contributed by atoms with Crippen LogP contribution in [-0.2, 0) is 0 Å². The van der Waals surface area contributed by atoms with Crippen LogP contribution in [0.2, 0.25) is 0 Å². The molecule has 0 atom stereocenters. The SMILES string of the molecule is CC(C)CCSc1ccc(C(=O)O)cn1. The highest BCUT2D eigenvalue weighted by molar-refractivity contribution is 7.99. The first kappa shape index (κ1) is 12.0. The predicted octanol–water partition coefficient (Wildman–Crippen LogP) is 2.92. The quantitative estimate of drug-likeness (QED) is 0.783. The molecule has 1 aromatic heterocycles. The molecule has 0 aliphatic rings. The number of thioether (sulfide) groups is 1. The Morgan fingerprint density at radius 3 is 2.73 bits per heavy atom. The van der Waals surface area contributed by atoms with Crippen LogP contribution >= 0.6 is 11.8 Å². The van der Waals surface area contributed by atoms with Gasteiger partial charge in [-0.1, -0.05) is 13.8 Å². The number of carboxylic acid groups (broad SMARTS) is 1. The van der Waals surface area contributed by atoms with Gasteiger partial charge in [-0.2, -0.15) is 0 Å². The van der Waals surface area contributed by atoms with Crippen molar-refractivity contribution in [1.29, 1.82) is 0 Å². The molecule has 3 nitrogen and oxygen atoms in total. The van der Waals surface area contributed by atoms with Crippen molar-refractivity contribution < 1.29 is 9.90 Å². The lowest BCUT2D eigenvalue weighted by molar-refractivity contribution is 0.0696. The number of carbonyl (C=O) groups is 1. The highest BCUT2D eigenvalue weighted by Crippen LogP contribution is 2.18. The molecule has 0 amide bonds. The van der Waals surface area contributed by atoms with E-state index in [2.05, 4.69) is 18.8 Å². The molecule has 0 unspecified atom stereocenters. The van der Waals surface area contributed by atoms with Crippen LogP contribution in [-0.4, -0.2) is 21.8 Å². The fourth-order valence-corrected chi connectivity index (χ4v) is 2.08. The van der Waals surface area contributed by atoms with Gasteiger partial charge >= 0.3 is 5.97 Å². The molecule has 15 heavy (non-hydrogen) atoms. The summed E-state index contributed by atoms with van der Waals surface area (Å²) in [6.45, 7) is 4.36. The lowest BCUT2D eigenvalue weighted by atomic mass is 10.2. The van der Waals surface area contributed by atoms with Gasteiger partial charge in [0.2, 0.25) is 0 Å². The van der Waals surface area contributed by atoms with E-state index in [9.17, 15) is 4.79 Å². The van der Waals surface area contributed by atoms with E-state index in [-0.39, 0.29) is 5.56 Å². The third-order valence-electron chi connectivity index (χ3n) is 1.93. The molecular formula is C11H15NO2S. The molecule has 1 heterocycles. The minimum absolute atomic E-state index is 0.239. The third kappa shape index (κ3) is 4.34. The number of carboxylic acids is 1. The summed E-state index contributed by atoms with van der Waals surface area (Å²) < 4.78 is 0. The summed E-state index contributed by atoms with van der Waals surface area (Å²) in [6, 6.07) is 3.35. The number of nitrogens with zero attached hydrogens (tertiary/aromatic N) is 1. The molecule has 0 aliphatic heterocycles. The maximum Gasteiger partial charge on any atom is 0.337 e. The Labute approximate surface area is 93.9 Å². The number of hydrogen-bond donors (Lipinski definition) is 1. The molecule has 0 saturated heterocycles. The van der Waals surface area contributed by atoms with E-state index >= 15 is 0 Å². The highest BCUT2D eigenvalue weighted by Gasteiger charge is 2.03. The van der Waals surface area contributed by atoms with Gasteiger partial charge < -0.3 is 5.11 Å². The first-order valence-corrected chi connectivity index (χ1v) is 5.90. The highest BCUT2D eigenvalue weighted by atomic mass is 32.2. The number of pyridine rings is 1. The minimum Gasteiger partial charge on any atom is -0.478 e. The Kier molecular flexibility index (Phi) is 4.62. The molecule has 0 fully saturated rings. The fraction of sp³-hybridized carbons (Fsp3) is 0.455. The van der Waals surface area contributed by atoms with E-state index in [1.165, 1.54) is 6.20 Å². The van der Waals surface area contributed by atoms with Crippen molar-refractivity contribution in [3.63, 3.8) is 0 Å². The molecule has 0 bridgehead atoms. The van der Waals surface area contributed by atoms with Crippen molar-refractivity contribution in [1.82, 2.24) is 4.98 Å². The van der Waals surface area contributed by atoms with E-state index in [4.69, 9.17) is 5.11 Å². The summed E-state index contributed by atoms with van der Waals surface area (Å²) >= 11 is 1.67. The molecule has 1 aromatic rings. The van der Waals surface area contributed by atoms with Gasteiger partial charge in [0.25, 0.3) is 0 Å². The van der Waals surface area contributed by atoms with Gasteiger partial charge in [0.05, 0.1) is 10.6 Å². The van der Waals surface area contributed by atoms with Gasteiger partial charge in [-0.25, -0.2) is 9.78 Å². The van der Waals surface area contributed by atoms with Gasteiger partial charge in [0, 0.05) is 6.20 Å². The van der Waals surface area contributed by atoms with Crippen LogP contribution in [0.15, 0.2) is 23.4 Å². The molecule has 4 heteroatoms. The number of aromatic carboxylic acids is 1. The molecule has 1 rings (SSSR count). The van der Waals surface area contributed by atoms with Crippen LogP contribution < -0.4 is 0 Å². The molecule has 0 aromatic carbocycles. The summed E-state index contributed by atoms with van der Waals surface area (Å²) in [5, 5.41) is 9.57. The van der Waals surface area contributed by atoms with Crippen LogP contribution in [0, 0.1) is 5.92 Å². The Hall–Kier alpha value is -1.03. The van der Waals surface area contributed by atoms with Crippen LogP contribution in [0.4, 0.5) is 0 Å². The van der Waals surface area contributed by atoms with Gasteiger partial charge in [0.15, 0.2) is 0 Å². The Morgan fingerprint density at radius 1 is 1.53 bits per heavy atom. The van der Waals surface area contributed by atoms with Crippen LogP contribution in [0.25, 0.3) is 0 Å². The van der Waals surface area contributed by atoms with Crippen molar-refractivity contribution in [2.75, 3.05) is 5.75 Å². The average Bonchev–Trinajstić information content (AvgIpc) is 2.18. The minimum atomic E-state index is -0.929. The zero-order valence-corrected chi connectivity index (χ0v) is 9.75. The lowest BCUT2D eigenvalue weighted by Gasteiger charge is -2.03. The number of hydrogen-bond acceptors (Lipinski definition) is 3. The monoisotopic (exact) mass is 225 g/mol. The average molecular weight is 225 g/mol. The second-order valence-corrected chi connectivity index (χ2v) is 4.84. The summed E-state index contributed by atoms with van der Waals surface area (Å²) in [5.74, 6) is 0.786. The van der Waals surface area contributed by atoms with Crippen LogP contribution in [0.3, 0.4) is 0 Å². The number of aromatic nitrogens is 1. The molecule has 1 N–H and O–H groups in total. The normalized spacial score (nSPS) is 10.6. The number of rotatable bonds is 5. The first-order chi connectivity index (χ1) is 7.09. The second-order valence-electron chi connectivity index (χ2n) is 3.72. The van der Waals surface area contributed by atoms with E-state index in [0.717, 1.165) is 17.2 Å². The molecule has 0 spiro atoms. The fourth-order valence-electron chi connectivity index (χ4n) is 0.991. The first-order valence-electron chi connectivity index (χ1n) is 4.91. The smallest absolute Gasteiger partial charge is 0.337 e. The zero-order chi connectivity index (χ0) is 11.3. The lowest BCUT2D eigenvalue weighted by Crippen LogP contribution is -1.97. The van der Waals surface area contributed by atoms with Gasteiger partial charge in [-0.3, -0.25) is 0 Å². The maximum absolute atomic E-state index is 10.6. The summed E-state index contributed by atoms with van der Waals surface area (Å²) in [5.41, 5.74) is 0.239. The van der Waals surface area contributed by atoms with Gasteiger partial charge in [-0.05, 0) is 30.2 Å². The summed E-state index contributed by atoms with van der Waals surface area (Å²) in [6.07, 6.45) is 2.55. The van der Waals surface area contributed by atoms with Crippen molar-refractivity contribution in [3.8, 4) is 0 Å². The van der Waals surface area contributed by atoms with Crippen molar-refractivity contribution in [2.24, 2.45) is 5.92 Å². The van der Waals surface area contributed by atoms with E-state index in [1.807, 2.05) is 0 Å². The van der Waals surface area contributed by atoms with Crippen molar-refractivity contribution in [3.05, 3.63) is 23.9 Å². The van der Waals surface area contributed by atoms with Crippen molar-refractivity contribution >= 4 is 17.7 Å². The largest absolute Gasteiger partial charge is 0.478 e. The predicted molar refractivity (Wildman–Crippen MR) is 61.4 cm³/mol. The zero-order valence-electron chi connectivity index (χ0n) is 8.93. The summed E-state index contributed by atoms with van der Waals surface area (Å²) in [4.78, 5) is 14.6. The van der Waals surface area contributed by atoms with Gasteiger partial charge in [0.1, 0.15) is 0 Å². The Bertz CT molecular complexity index is 322. The van der Waals surface area contributed by atoms with E-state index < -0.39 is 5.97 Å². The van der Waals surface area contributed by atoms with Crippen molar-refractivity contribution in [2.45, 2.75) is 25.3 Å². The summed E-state index contributed by atoms with van der Waals surface area (Å²) in [7, 11) is 0. The van der Waals surface area contributed by atoms with E-state index in [1.54, 1.807) is 23.9 Å². The topological polar surface area (TPSA) is 50.2 Å². The standard InChI is InChI=1S/C11H15NO2S/c1-8(2)5-6-15-10-4-3-9(7-12-10)11(13)14/h3-4,7-8H,5-6H2,1-2H3,(H,13,14). The third-order valence-corrected chi connectivity index (χ3v) is 2.91. The van der Waals surface area contributed by atoms with Crippen LogP contribution in [0.1, 0.15) is 30.6 Å². The van der Waals surface area contributed by atoms with E-state index in [0.29, 0.717) is 5.92 Å². The molecule has 82 valence electrons. The second kappa shape index (κ2) is 5.75. The van der Waals surface area contributed by atoms with Gasteiger partial charge in [-0.15, -0.1) is 11.8 Å². The maximum atomic E-state index is 10.6. The molecule has 0 radical (unpaired) electrons. The Morgan fingerprint density at radius 2 is 2.27 bits per heavy atom. The molecule has 0 aliphatic carbocycles. The molecule has 0 saturated carbocycles. The molecular weight excluding hydrogens is 210 g/mol.